The van der Waals surface area contributed by atoms with E-state index >= 15 is 0 Å². The van der Waals surface area contributed by atoms with E-state index in [1.165, 1.54) is 7.11 Å². The molecule has 0 N–H and O–H groups in total. The molecule has 1 aromatic rings. The molecule has 5 heteroatoms. The number of carbonyl (C=O) groups excluding carboxylic acids is 2. The minimum atomic E-state index is -0.866. The van der Waals surface area contributed by atoms with E-state index < -0.39 is 11.8 Å². The van der Waals surface area contributed by atoms with Gasteiger partial charge in [0.25, 0.3) is 5.78 Å². The van der Waals surface area contributed by atoms with Gasteiger partial charge in [-0.15, -0.1) is 0 Å². The lowest BCUT2D eigenvalue weighted by Crippen LogP contribution is -2.19. The van der Waals surface area contributed by atoms with Crippen molar-refractivity contribution in [3.8, 4) is 5.75 Å². The first-order valence-electron chi connectivity index (χ1n) is 5.49. The van der Waals surface area contributed by atoms with Gasteiger partial charge >= 0.3 is 5.97 Å². The molecule has 0 saturated heterocycles. The van der Waals surface area contributed by atoms with Gasteiger partial charge in [-0.2, -0.15) is 0 Å². The summed E-state index contributed by atoms with van der Waals surface area (Å²) in [6.45, 7) is 5.46. The van der Waals surface area contributed by atoms with Gasteiger partial charge in [0.1, 0.15) is 5.75 Å². The summed E-state index contributed by atoms with van der Waals surface area (Å²) in [7, 11) is 1.46. The van der Waals surface area contributed by atoms with Crippen LogP contribution in [0, 0.1) is 13.8 Å². The third-order valence-corrected chi connectivity index (χ3v) is 3.48. The van der Waals surface area contributed by atoms with Gasteiger partial charge in [0.05, 0.1) is 23.8 Å². The van der Waals surface area contributed by atoms with Crippen molar-refractivity contribution in [3.63, 3.8) is 0 Å². The Kier molecular flexibility index (Phi) is 4.90. The summed E-state index contributed by atoms with van der Waals surface area (Å²) in [5.74, 6) is -1.19. The molecule has 0 aliphatic carbocycles. The van der Waals surface area contributed by atoms with Crippen LogP contribution in [0.25, 0.3) is 0 Å². The van der Waals surface area contributed by atoms with Gasteiger partial charge in [-0.25, -0.2) is 4.79 Å². The van der Waals surface area contributed by atoms with E-state index in [-0.39, 0.29) is 12.2 Å². The van der Waals surface area contributed by atoms with Crippen LogP contribution in [0.5, 0.6) is 5.75 Å². The lowest BCUT2D eigenvalue weighted by atomic mass is 10.0. The fourth-order valence-electron chi connectivity index (χ4n) is 1.70. The standard InChI is InChI=1S/C13H15BrO4/c1-5-18-13(16)11(15)9-7(2)6-8(3)10(14)12(9)17-4/h6H,5H2,1-4H3. The molecule has 0 bridgehead atoms. The second-order valence-corrected chi connectivity index (χ2v) is 4.58. The van der Waals surface area contributed by atoms with Gasteiger partial charge in [0.15, 0.2) is 0 Å². The molecule has 0 atom stereocenters. The summed E-state index contributed by atoms with van der Waals surface area (Å²) < 4.78 is 10.6. The first-order chi connectivity index (χ1) is 8.43. The molecule has 4 nitrogen and oxygen atoms in total. The average molecular weight is 315 g/mol. The van der Waals surface area contributed by atoms with Crippen molar-refractivity contribution < 1.29 is 19.1 Å². The first-order valence-corrected chi connectivity index (χ1v) is 6.28. The highest BCUT2D eigenvalue weighted by Crippen LogP contribution is 2.34. The number of hydrogen-bond donors (Lipinski definition) is 0. The molecule has 0 amide bonds. The number of carbonyl (C=O) groups is 2. The predicted octanol–water partition coefficient (Wildman–Crippen LogP) is 2.82. The molecule has 18 heavy (non-hydrogen) atoms. The minimum Gasteiger partial charge on any atom is -0.495 e. The second-order valence-electron chi connectivity index (χ2n) is 3.78. The van der Waals surface area contributed by atoms with Crippen molar-refractivity contribution in [2.24, 2.45) is 0 Å². The van der Waals surface area contributed by atoms with E-state index in [9.17, 15) is 9.59 Å². The smallest absolute Gasteiger partial charge is 0.379 e. The van der Waals surface area contributed by atoms with Crippen LogP contribution >= 0.6 is 15.9 Å². The Morgan fingerprint density at radius 2 is 1.89 bits per heavy atom. The molecule has 0 aliphatic heterocycles. The topological polar surface area (TPSA) is 52.6 Å². The number of benzene rings is 1. The molecule has 0 aliphatic rings. The van der Waals surface area contributed by atoms with Crippen molar-refractivity contribution in [1.82, 2.24) is 0 Å². The Hall–Kier alpha value is -1.36. The van der Waals surface area contributed by atoms with Gasteiger partial charge in [-0.3, -0.25) is 4.79 Å². The zero-order valence-corrected chi connectivity index (χ0v) is 12.4. The van der Waals surface area contributed by atoms with Crippen LogP contribution in [0.4, 0.5) is 0 Å². The maximum atomic E-state index is 12.0. The largest absolute Gasteiger partial charge is 0.495 e. The molecule has 1 rings (SSSR count). The van der Waals surface area contributed by atoms with Crippen LogP contribution < -0.4 is 4.74 Å². The van der Waals surface area contributed by atoms with Crippen LogP contribution in [-0.4, -0.2) is 25.5 Å². The highest BCUT2D eigenvalue weighted by atomic mass is 79.9. The molecule has 0 fully saturated rings. The highest BCUT2D eigenvalue weighted by Gasteiger charge is 2.26. The normalized spacial score (nSPS) is 10.1. The lowest BCUT2D eigenvalue weighted by molar-refractivity contribution is -0.137. The third-order valence-electron chi connectivity index (χ3n) is 2.49. The van der Waals surface area contributed by atoms with Gasteiger partial charge in [-0.05, 0) is 47.8 Å². The number of esters is 1. The van der Waals surface area contributed by atoms with Crippen molar-refractivity contribution in [3.05, 3.63) is 27.2 Å². The van der Waals surface area contributed by atoms with Crippen LogP contribution in [0.1, 0.15) is 28.4 Å². The molecular weight excluding hydrogens is 300 g/mol. The average Bonchev–Trinajstić information content (AvgIpc) is 2.32. The van der Waals surface area contributed by atoms with E-state index in [0.717, 1.165) is 5.56 Å². The van der Waals surface area contributed by atoms with Crippen molar-refractivity contribution in [2.45, 2.75) is 20.8 Å². The first kappa shape index (κ1) is 14.7. The third kappa shape index (κ3) is 2.72. The van der Waals surface area contributed by atoms with Crippen LogP contribution in [-0.2, 0) is 9.53 Å². The Labute approximate surface area is 114 Å². The van der Waals surface area contributed by atoms with Gasteiger partial charge in [0.2, 0.25) is 0 Å². The number of rotatable bonds is 4. The van der Waals surface area contributed by atoms with Crippen molar-refractivity contribution in [2.75, 3.05) is 13.7 Å². The lowest BCUT2D eigenvalue weighted by Gasteiger charge is -2.14. The Morgan fingerprint density at radius 3 is 2.39 bits per heavy atom. The molecule has 0 saturated carbocycles. The quantitative estimate of drug-likeness (QED) is 0.487. The summed E-state index contributed by atoms with van der Waals surface area (Å²) in [6.07, 6.45) is 0. The van der Waals surface area contributed by atoms with Gasteiger partial charge < -0.3 is 9.47 Å². The van der Waals surface area contributed by atoms with E-state index in [1.54, 1.807) is 13.8 Å². The maximum Gasteiger partial charge on any atom is 0.379 e. The van der Waals surface area contributed by atoms with Gasteiger partial charge in [0, 0.05) is 0 Å². The highest BCUT2D eigenvalue weighted by molar-refractivity contribution is 9.10. The number of aryl methyl sites for hydroxylation is 2. The number of Topliss-reactive ketones (excluding diaryl/α,β-unsaturated/α-hetero) is 1. The van der Waals surface area contributed by atoms with Crippen LogP contribution in [0.15, 0.2) is 10.5 Å². The maximum absolute atomic E-state index is 12.0. The Bertz CT molecular complexity index is 494. The predicted molar refractivity (Wildman–Crippen MR) is 71.1 cm³/mol. The molecule has 1 aromatic carbocycles. The Balaban J connectivity index is 3.36. The second kappa shape index (κ2) is 6.00. The van der Waals surface area contributed by atoms with E-state index in [1.807, 2.05) is 13.0 Å². The molecule has 0 heterocycles. The number of ketones is 1. The fourth-order valence-corrected chi connectivity index (χ4v) is 2.18. The van der Waals surface area contributed by atoms with Gasteiger partial charge in [-0.1, -0.05) is 6.07 Å². The zero-order chi connectivity index (χ0) is 13.9. The molecule has 0 radical (unpaired) electrons. The van der Waals surface area contributed by atoms with Crippen LogP contribution in [0.2, 0.25) is 0 Å². The van der Waals surface area contributed by atoms with E-state index in [4.69, 9.17) is 9.47 Å². The molecule has 0 unspecified atom stereocenters. The monoisotopic (exact) mass is 314 g/mol. The number of ether oxygens (including phenoxy) is 2. The number of hydrogen-bond acceptors (Lipinski definition) is 4. The molecule has 0 spiro atoms. The van der Waals surface area contributed by atoms with E-state index in [0.29, 0.717) is 15.8 Å². The summed E-state index contributed by atoms with van der Waals surface area (Å²) >= 11 is 3.35. The summed E-state index contributed by atoms with van der Waals surface area (Å²) in [5, 5.41) is 0. The summed E-state index contributed by atoms with van der Waals surface area (Å²) in [6, 6.07) is 1.82. The molecular formula is C13H15BrO4. The molecule has 98 valence electrons. The summed E-state index contributed by atoms with van der Waals surface area (Å²) in [5.41, 5.74) is 1.86. The fraction of sp³-hybridized carbons (Fsp3) is 0.385. The minimum absolute atomic E-state index is 0.166. The summed E-state index contributed by atoms with van der Waals surface area (Å²) in [4.78, 5) is 23.5. The van der Waals surface area contributed by atoms with E-state index in [2.05, 4.69) is 15.9 Å². The zero-order valence-electron chi connectivity index (χ0n) is 10.8. The van der Waals surface area contributed by atoms with Crippen molar-refractivity contribution >= 4 is 27.7 Å². The van der Waals surface area contributed by atoms with Crippen molar-refractivity contribution in [1.29, 1.82) is 0 Å². The van der Waals surface area contributed by atoms with Crippen LogP contribution in [0.3, 0.4) is 0 Å². The SMILES string of the molecule is CCOC(=O)C(=O)c1c(C)cc(C)c(Br)c1OC. The number of methoxy groups -OCH3 is 1. The Morgan fingerprint density at radius 1 is 1.28 bits per heavy atom. The number of halogens is 1. The molecule has 0 aromatic heterocycles.